The molecule has 0 spiro atoms. The Morgan fingerprint density at radius 1 is 1.26 bits per heavy atom. The van der Waals surface area contributed by atoms with Crippen molar-refractivity contribution in [2.24, 2.45) is 0 Å². The van der Waals surface area contributed by atoms with Crippen LogP contribution in [0.5, 0.6) is 0 Å². The molecule has 1 amide bonds. The molecule has 5 nitrogen and oxygen atoms in total. The summed E-state index contributed by atoms with van der Waals surface area (Å²) in [7, 11) is 0. The second-order valence-corrected chi connectivity index (χ2v) is 6.48. The van der Waals surface area contributed by atoms with Gasteiger partial charge in [0.1, 0.15) is 6.61 Å². The van der Waals surface area contributed by atoms with Crippen LogP contribution in [0.2, 0.25) is 0 Å². The predicted octanol–water partition coefficient (Wildman–Crippen LogP) is 2.24. The fraction of sp³-hybridized carbons (Fsp3) is 0.611. The highest BCUT2D eigenvalue weighted by atomic mass is 16.6. The SMILES string of the molecule is O=C(OCc1ccccc1)N1CCC[C@@H]1CN(CCO)C1CC1. The average Bonchev–Trinajstić information content (AvgIpc) is 3.32. The van der Waals surface area contributed by atoms with Crippen LogP contribution in [0.3, 0.4) is 0 Å². The molecule has 5 heteroatoms. The van der Waals surface area contributed by atoms with Gasteiger partial charge in [-0.15, -0.1) is 0 Å². The second-order valence-electron chi connectivity index (χ2n) is 6.48. The molecular formula is C18H26N2O3. The Morgan fingerprint density at radius 3 is 2.74 bits per heavy atom. The number of benzene rings is 1. The number of aliphatic hydroxyl groups excluding tert-OH is 1. The van der Waals surface area contributed by atoms with E-state index in [-0.39, 0.29) is 18.7 Å². The molecule has 1 aromatic carbocycles. The summed E-state index contributed by atoms with van der Waals surface area (Å²) in [5.41, 5.74) is 1.01. The third kappa shape index (κ3) is 4.45. The van der Waals surface area contributed by atoms with Crippen molar-refractivity contribution in [2.75, 3.05) is 26.2 Å². The Hall–Kier alpha value is -1.59. The number of likely N-dealkylation sites (tertiary alicyclic amines) is 1. The summed E-state index contributed by atoms with van der Waals surface area (Å²) in [5.74, 6) is 0. The van der Waals surface area contributed by atoms with E-state index < -0.39 is 0 Å². The molecule has 0 unspecified atom stereocenters. The Labute approximate surface area is 137 Å². The van der Waals surface area contributed by atoms with E-state index >= 15 is 0 Å². The van der Waals surface area contributed by atoms with Crippen LogP contribution in [0.4, 0.5) is 4.79 Å². The molecule has 1 atom stereocenters. The smallest absolute Gasteiger partial charge is 0.410 e. The van der Waals surface area contributed by atoms with Crippen molar-refractivity contribution in [3.8, 4) is 0 Å². The van der Waals surface area contributed by atoms with Gasteiger partial charge in [-0.2, -0.15) is 0 Å². The molecule has 2 fully saturated rings. The Balaban J connectivity index is 1.52. The van der Waals surface area contributed by atoms with Crippen molar-refractivity contribution in [3.63, 3.8) is 0 Å². The topological polar surface area (TPSA) is 53.0 Å². The largest absolute Gasteiger partial charge is 0.445 e. The number of carbonyl (C=O) groups is 1. The first-order chi connectivity index (χ1) is 11.3. The van der Waals surface area contributed by atoms with Crippen LogP contribution in [-0.2, 0) is 11.3 Å². The number of carbonyl (C=O) groups excluding carboxylic acids is 1. The van der Waals surface area contributed by atoms with Crippen LogP contribution < -0.4 is 0 Å². The zero-order chi connectivity index (χ0) is 16.1. The van der Waals surface area contributed by atoms with Gasteiger partial charge in [0, 0.05) is 31.7 Å². The standard InChI is InChI=1S/C18H26N2O3/c21-12-11-19(16-8-9-16)13-17-7-4-10-20(17)18(22)23-14-15-5-2-1-3-6-15/h1-3,5-6,16-17,21H,4,7-14H2/t17-/m1/s1. The van der Waals surface area contributed by atoms with Gasteiger partial charge in [0.05, 0.1) is 6.61 Å². The van der Waals surface area contributed by atoms with Crippen molar-refractivity contribution in [1.82, 2.24) is 9.80 Å². The molecule has 1 N–H and O–H groups in total. The van der Waals surface area contributed by atoms with Crippen LogP contribution in [0, 0.1) is 0 Å². The molecule has 23 heavy (non-hydrogen) atoms. The molecule has 0 radical (unpaired) electrons. The van der Waals surface area contributed by atoms with Gasteiger partial charge in [0.15, 0.2) is 0 Å². The third-order valence-electron chi connectivity index (χ3n) is 4.71. The molecule has 1 aromatic rings. The molecule has 1 heterocycles. The molecule has 1 saturated heterocycles. The molecule has 2 aliphatic rings. The van der Waals surface area contributed by atoms with Crippen LogP contribution in [0.25, 0.3) is 0 Å². The van der Waals surface area contributed by atoms with E-state index in [0.717, 1.165) is 31.5 Å². The van der Waals surface area contributed by atoms with Gasteiger partial charge in [-0.05, 0) is 31.2 Å². The van der Waals surface area contributed by atoms with E-state index in [1.165, 1.54) is 12.8 Å². The molecule has 1 aliphatic carbocycles. The van der Waals surface area contributed by atoms with Gasteiger partial charge in [0.25, 0.3) is 0 Å². The number of hydrogen-bond donors (Lipinski definition) is 1. The lowest BCUT2D eigenvalue weighted by Gasteiger charge is -2.30. The fourth-order valence-corrected chi connectivity index (χ4v) is 3.33. The molecule has 3 rings (SSSR count). The van der Waals surface area contributed by atoms with E-state index in [9.17, 15) is 9.90 Å². The van der Waals surface area contributed by atoms with E-state index in [0.29, 0.717) is 19.2 Å². The maximum Gasteiger partial charge on any atom is 0.410 e. The summed E-state index contributed by atoms with van der Waals surface area (Å²) < 4.78 is 5.48. The third-order valence-corrected chi connectivity index (χ3v) is 4.71. The fourth-order valence-electron chi connectivity index (χ4n) is 3.33. The van der Waals surface area contributed by atoms with Gasteiger partial charge in [-0.1, -0.05) is 30.3 Å². The summed E-state index contributed by atoms with van der Waals surface area (Å²) in [6, 6.07) is 10.6. The number of aliphatic hydroxyl groups is 1. The number of ether oxygens (including phenoxy) is 1. The first-order valence-electron chi connectivity index (χ1n) is 8.60. The quantitative estimate of drug-likeness (QED) is 0.838. The van der Waals surface area contributed by atoms with Crippen molar-refractivity contribution in [3.05, 3.63) is 35.9 Å². The van der Waals surface area contributed by atoms with Crippen molar-refractivity contribution >= 4 is 6.09 Å². The molecule has 0 bridgehead atoms. The number of hydrogen-bond acceptors (Lipinski definition) is 4. The molecule has 1 aliphatic heterocycles. The van der Waals surface area contributed by atoms with Crippen molar-refractivity contribution in [1.29, 1.82) is 0 Å². The lowest BCUT2D eigenvalue weighted by molar-refractivity contribution is 0.0805. The van der Waals surface area contributed by atoms with E-state index in [4.69, 9.17) is 4.74 Å². The lowest BCUT2D eigenvalue weighted by Crippen LogP contribution is -2.45. The van der Waals surface area contributed by atoms with Crippen molar-refractivity contribution in [2.45, 2.75) is 44.4 Å². The number of amides is 1. The predicted molar refractivity (Wildman–Crippen MR) is 88.0 cm³/mol. The van der Waals surface area contributed by atoms with Gasteiger partial charge < -0.3 is 14.7 Å². The number of rotatable bonds is 7. The normalized spacial score (nSPS) is 21.0. The molecule has 1 saturated carbocycles. The molecular weight excluding hydrogens is 292 g/mol. The summed E-state index contributed by atoms with van der Waals surface area (Å²) in [6.07, 6.45) is 4.27. The minimum atomic E-state index is -0.212. The van der Waals surface area contributed by atoms with Gasteiger partial charge in [-0.3, -0.25) is 4.90 Å². The van der Waals surface area contributed by atoms with E-state index in [1.807, 2.05) is 35.2 Å². The summed E-state index contributed by atoms with van der Waals surface area (Å²) in [5, 5.41) is 9.23. The van der Waals surface area contributed by atoms with Crippen molar-refractivity contribution < 1.29 is 14.6 Å². The lowest BCUT2D eigenvalue weighted by atomic mass is 10.2. The zero-order valence-corrected chi connectivity index (χ0v) is 13.6. The van der Waals surface area contributed by atoms with Gasteiger partial charge >= 0.3 is 6.09 Å². The van der Waals surface area contributed by atoms with Gasteiger partial charge in [-0.25, -0.2) is 4.79 Å². The van der Waals surface area contributed by atoms with E-state index in [1.54, 1.807) is 0 Å². The van der Waals surface area contributed by atoms with Crippen LogP contribution >= 0.6 is 0 Å². The summed E-state index contributed by atoms with van der Waals surface area (Å²) in [4.78, 5) is 16.6. The monoisotopic (exact) mass is 318 g/mol. The van der Waals surface area contributed by atoms with Crippen LogP contribution in [-0.4, -0.2) is 59.3 Å². The maximum atomic E-state index is 12.4. The van der Waals surface area contributed by atoms with Gasteiger partial charge in [0.2, 0.25) is 0 Å². The Kier molecular flexibility index (Phi) is 5.51. The minimum Gasteiger partial charge on any atom is -0.445 e. The van der Waals surface area contributed by atoms with Crippen LogP contribution in [0.1, 0.15) is 31.2 Å². The van der Waals surface area contributed by atoms with Crippen LogP contribution in [0.15, 0.2) is 30.3 Å². The minimum absolute atomic E-state index is 0.182. The maximum absolute atomic E-state index is 12.4. The first-order valence-corrected chi connectivity index (χ1v) is 8.60. The zero-order valence-electron chi connectivity index (χ0n) is 13.6. The highest BCUT2D eigenvalue weighted by Crippen LogP contribution is 2.29. The van der Waals surface area contributed by atoms with E-state index in [2.05, 4.69) is 4.90 Å². The molecule has 126 valence electrons. The average molecular weight is 318 g/mol. The highest BCUT2D eigenvalue weighted by molar-refractivity contribution is 5.68. The molecule has 0 aromatic heterocycles. The number of nitrogens with zero attached hydrogens (tertiary/aromatic N) is 2. The first kappa shape index (κ1) is 16.3. The Bertz CT molecular complexity index is 504. The second kappa shape index (κ2) is 7.79. The summed E-state index contributed by atoms with van der Waals surface area (Å²) >= 11 is 0. The summed E-state index contributed by atoms with van der Waals surface area (Å²) in [6.45, 7) is 2.84. The highest BCUT2D eigenvalue weighted by Gasteiger charge is 2.35. The Morgan fingerprint density at radius 2 is 2.04 bits per heavy atom.